The van der Waals surface area contributed by atoms with Crippen molar-refractivity contribution >= 4 is 33.3 Å². The van der Waals surface area contributed by atoms with Crippen LogP contribution in [0.15, 0.2) is 36.7 Å². The average molecular weight is 399 g/mol. The number of hydrogen-bond acceptors (Lipinski definition) is 6. The highest BCUT2D eigenvalue weighted by atomic mass is 32.1. The van der Waals surface area contributed by atoms with Crippen molar-refractivity contribution in [2.24, 2.45) is 0 Å². The van der Waals surface area contributed by atoms with Crippen LogP contribution in [0.1, 0.15) is 24.6 Å². The molecule has 0 aliphatic heterocycles. The third kappa shape index (κ3) is 4.48. The second-order valence-electron chi connectivity index (χ2n) is 6.53. The lowest BCUT2D eigenvalue weighted by molar-refractivity contribution is -0.131. The summed E-state index contributed by atoms with van der Waals surface area (Å²) in [7, 11) is 0. The van der Waals surface area contributed by atoms with Gasteiger partial charge >= 0.3 is 0 Å². The van der Waals surface area contributed by atoms with E-state index in [4.69, 9.17) is 5.11 Å². The number of aryl methyl sites for hydroxylation is 1. The Kier molecular flexibility index (Phi) is 6.95. The van der Waals surface area contributed by atoms with Crippen LogP contribution in [-0.2, 0) is 4.79 Å². The maximum atomic E-state index is 12.2. The molecule has 6 nitrogen and oxygen atoms in total. The number of amides is 1. The van der Waals surface area contributed by atoms with Gasteiger partial charge in [0.25, 0.3) is 0 Å². The quantitative estimate of drug-likeness (QED) is 0.538. The predicted molar refractivity (Wildman–Crippen MR) is 115 cm³/mol. The number of fused-ring (bicyclic) bond motifs is 1. The fraction of sp³-hybridized carbons (Fsp3) is 0.381. The molecule has 1 aromatic carbocycles. The molecule has 0 aliphatic rings. The lowest BCUT2D eigenvalue weighted by Crippen LogP contribution is -2.33. The normalized spacial score (nSPS) is 11.0. The number of anilines is 1. The minimum Gasteiger partial charge on any atom is -0.395 e. The topological polar surface area (TPSA) is 78.4 Å². The second kappa shape index (κ2) is 9.61. The van der Waals surface area contributed by atoms with Crippen LogP contribution in [0.3, 0.4) is 0 Å². The van der Waals surface area contributed by atoms with Gasteiger partial charge in [-0.25, -0.2) is 9.97 Å². The number of rotatable bonds is 9. The lowest BCUT2D eigenvalue weighted by Gasteiger charge is -2.19. The summed E-state index contributed by atoms with van der Waals surface area (Å²) in [6.45, 7) is 5.69. The number of benzene rings is 1. The molecule has 2 aromatic heterocycles. The number of likely N-dealkylation sites (N-methyl/N-ethyl adjacent to an activating group) is 1. The van der Waals surface area contributed by atoms with E-state index in [0.717, 1.165) is 21.6 Å². The van der Waals surface area contributed by atoms with Gasteiger partial charge in [-0.15, -0.1) is 11.3 Å². The largest absolute Gasteiger partial charge is 0.395 e. The highest BCUT2D eigenvalue weighted by Crippen LogP contribution is 2.40. The van der Waals surface area contributed by atoms with Crippen LogP contribution < -0.4 is 5.32 Å². The first-order valence-corrected chi connectivity index (χ1v) is 10.4. The van der Waals surface area contributed by atoms with Crippen LogP contribution in [0, 0.1) is 6.92 Å². The fourth-order valence-electron chi connectivity index (χ4n) is 3.32. The van der Waals surface area contributed by atoms with Gasteiger partial charge in [0.1, 0.15) is 17.0 Å². The van der Waals surface area contributed by atoms with Crippen molar-refractivity contribution in [3.8, 4) is 11.1 Å². The maximum Gasteiger partial charge on any atom is 0.222 e. The molecule has 0 unspecified atom stereocenters. The number of nitrogens with one attached hydrogen (secondary N) is 1. The lowest BCUT2D eigenvalue weighted by atomic mass is 10.0. The van der Waals surface area contributed by atoms with Crippen molar-refractivity contribution in [1.29, 1.82) is 0 Å². The van der Waals surface area contributed by atoms with Gasteiger partial charge in [-0.2, -0.15) is 0 Å². The van der Waals surface area contributed by atoms with E-state index >= 15 is 0 Å². The van der Waals surface area contributed by atoms with Gasteiger partial charge in [0, 0.05) is 36.5 Å². The van der Waals surface area contributed by atoms with Crippen molar-refractivity contribution < 1.29 is 9.90 Å². The van der Waals surface area contributed by atoms with Crippen LogP contribution in [0.4, 0.5) is 5.82 Å². The second-order valence-corrected chi connectivity index (χ2v) is 7.73. The molecular formula is C21H26N4O2S. The third-order valence-corrected chi connectivity index (χ3v) is 5.70. The van der Waals surface area contributed by atoms with E-state index in [1.165, 1.54) is 10.4 Å². The number of nitrogens with zero attached hydrogens (tertiary/aromatic N) is 3. The van der Waals surface area contributed by atoms with Gasteiger partial charge < -0.3 is 15.3 Å². The summed E-state index contributed by atoms with van der Waals surface area (Å²) in [5.74, 6) is 0.880. The number of carbonyl (C=O) groups is 1. The van der Waals surface area contributed by atoms with Crippen molar-refractivity contribution in [3.05, 3.63) is 41.5 Å². The molecular weight excluding hydrogens is 372 g/mol. The van der Waals surface area contributed by atoms with Crippen LogP contribution in [0.5, 0.6) is 0 Å². The minimum atomic E-state index is -0.00345. The Morgan fingerprint density at radius 1 is 1.25 bits per heavy atom. The molecule has 2 heterocycles. The van der Waals surface area contributed by atoms with Crippen molar-refractivity contribution in [2.45, 2.75) is 26.7 Å². The van der Waals surface area contributed by atoms with Crippen LogP contribution >= 0.6 is 11.3 Å². The van der Waals surface area contributed by atoms with E-state index in [-0.39, 0.29) is 12.5 Å². The number of aromatic nitrogens is 2. The smallest absolute Gasteiger partial charge is 0.222 e. The van der Waals surface area contributed by atoms with Crippen molar-refractivity contribution in [2.75, 3.05) is 31.6 Å². The SMILES string of the molecule is CCN(CCO)C(=O)CCCNc1ncnc2sc(C)c(-c3ccccc3)c12. The van der Waals surface area contributed by atoms with E-state index in [9.17, 15) is 4.79 Å². The Morgan fingerprint density at radius 2 is 2.04 bits per heavy atom. The number of aliphatic hydroxyl groups excluding tert-OH is 1. The Balaban J connectivity index is 1.73. The highest BCUT2D eigenvalue weighted by Gasteiger charge is 2.16. The summed E-state index contributed by atoms with van der Waals surface area (Å²) in [4.78, 5) is 24.9. The first-order chi connectivity index (χ1) is 13.7. The highest BCUT2D eigenvalue weighted by molar-refractivity contribution is 7.19. The zero-order chi connectivity index (χ0) is 19.9. The summed E-state index contributed by atoms with van der Waals surface area (Å²) in [5, 5.41) is 13.5. The zero-order valence-corrected chi connectivity index (χ0v) is 17.1. The first-order valence-electron chi connectivity index (χ1n) is 9.57. The van der Waals surface area contributed by atoms with Crippen LogP contribution in [0.2, 0.25) is 0 Å². The summed E-state index contributed by atoms with van der Waals surface area (Å²) in [6, 6.07) is 10.3. The van der Waals surface area contributed by atoms with Gasteiger partial charge in [0.05, 0.1) is 12.0 Å². The minimum absolute atomic E-state index is 0.00345. The number of hydrogen-bond donors (Lipinski definition) is 2. The zero-order valence-electron chi connectivity index (χ0n) is 16.3. The van der Waals surface area contributed by atoms with Crippen molar-refractivity contribution in [3.63, 3.8) is 0 Å². The molecule has 7 heteroatoms. The first kappa shape index (κ1) is 20.2. The van der Waals surface area contributed by atoms with Gasteiger partial charge in [0.2, 0.25) is 5.91 Å². The summed E-state index contributed by atoms with van der Waals surface area (Å²) < 4.78 is 0. The van der Waals surface area contributed by atoms with Crippen LogP contribution in [-0.4, -0.2) is 52.1 Å². The summed E-state index contributed by atoms with van der Waals surface area (Å²) in [6.07, 6.45) is 2.74. The van der Waals surface area contributed by atoms with E-state index in [1.807, 2.05) is 25.1 Å². The molecule has 0 atom stereocenters. The molecule has 0 radical (unpaired) electrons. The Morgan fingerprint density at radius 3 is 2.75 bits per heavy atom. The number of thiophene rings is 1. The predicted octanol–water partition coefficient (Wildman–Crippen LogP) is 3.70. The van der Waals surface area contributed by atoms with Gasteiger partial charge in [-0.05, 0) is 25.8 Å². The monoisotopic (exact) mass is 398 g/mol. The van der Waals surface area contributed by atoms with E-state index in [0.29, 0.717) is 32.5 Å². The molecule has 0 aliphatic carbocycles. The van der Waals surface area contributed by atoms with Crippen molar-refractivity contribution in [1.82, 2.24) is 14.9 Å². The van der Waals surface area contributed by atoms with E-state index < -0.39 is 0 Å². The molecule has 0 fully saturated rings. The molecule has 3 rings (SSSR count). The van der Waals surface area contributed by atoms with E-state index in [1.54, 1.807) is 22.6 Å². The standard InChI is InChI=1S/C21H26N4O2S/c1-3-25(12-13-26)17(27)10-7-11-22-20-19-18(16-8-5-4-6-9-16)15(2)28-21(19)24-14-23-20/h4-6,8-9,14,26H,3,7,10-13H2,1-2H3,(H,22,23,24). The van der Waals surface area contributed by atoms with E-state index in [2.05, 4.69) is 34.3 Å². The van der Waals surface area contributed by atoms with Gasteiger partial charge in [-0.1, -0.05) is 30.3 Å². The molecule has 28 heavy (non-hydrogen) atoms. The molecule has 2 N–H and O–H groups in total. The fourth-order valence-corrected chi connectivity index (χ4v) is 4.33. The summed E-state index contributed by atoms with van der Waals surface area (Å²) in [5.41, 5.74) is 2.32. The average Bonchev–Trinajstić information content (AvgIpc) is 3.06. The summed E-state index contributed by atoms with van der Waals surface area (Å²) >= 11 is 1.67. The molecule has 0 bridgehead atoms. The third-order valence-electron chi connectivity index (χ3n) is 4.69. The Hall–Kier alpha value is -2.51. The molecule has 0 saturated heterocycles. The Bertz CT molecular complexity index is 927. The molecule has 0 saturated carbocycles. The Labute approximate surface area is 169 Å². The molecule has 0 spiro atoms. The van der Waals surface area contributed by atoms with Crippen LogP contribution in [0.25, 0.3) is 21.3 Å². The van der Waals surface area contributed by atoms with Gasteiger partial charge in [-0.3, -0.25) is 4.79 Å². The van der Waals surface area contributed by atoms with Gasteiger partial charge in [0.15, 0.2) is 0 Å². The molecule has 3 aromatic rings. The number of aliphatic hydroxyl groups is 1. The molecule has 1 amide bonds. The maximum absolute atomic E-state index is 12.2. The number of carbonyl (C=O) groups excluding carboxylic acids is 1. The molecule has 148 valence electrons.